The Morgan fingerprint density at radius 2 is 2.03 bits per heavy atom. The van der Waals surface area contributed by atoms with Gasteiger partial charge in [0.05, 0.1) is 23.6 Å². The highest BCUT2D eigenvalue weighted by Gasteiger charge is 2.61. The molecule has 1 heterocycles. The van der Waals surface area contributed by atoms with Crippen molar-refractivity contribution in [1.29, 1.82) is 5.26 Å². The number of aliphatic hydroxyl groups is 1. The van der Waals surface area contributed by atoms with Gasteiger partial charge in [0.1, 0.15) is 29.7 Å². The van der Waals surface area contributed by atoms with Crippen molar-refractivity contribution in [3.63, 3.8) is 0 Å². The lowest BCUT2D eigenvalue weighted by Crippen LogP contribution is -2.45. The Kier molecular flexibility index (Phi) is 9.39. The average Bonchev–Trinajstić information content (AvgIpc) is 3.17. The molecule has 2 aromatic carbocycles. The van der Waals surface area contributed by atoms with E-state index in [1.807, 2.05) is 13.8 Å². The Balaban J connectivity index is 2.25. The first-order chi connectivity index (χ1) is 18.3. The van der Waals surface area contributed by atoms with Gasteiger partial charge in [-0.2, -0.15) is 5.26 Å². The lowest BCUT2D eigenvalue weighted by molar-refractivity contribution is -0.150. The first-order valence-electron chi connectivity index (χ1n) is 12.1. The number of aliphatic hydroxyl groups excluding tert-OH is 1. The van der Waals surface area contributed by atoms with Crippen LogP contribution in [0.2, 0.25) is 10.0 Å². The van der Waals surface area contributed by atoms with Crippen LogP contribution in [0, 0.1) is 28.4 Å². The number of hydrogen-bond donors (Lipinski definition) is 3. The Hall–Kier alpha value is -3.03. The molecule has 0 aromatic heterocycles. The number of rotatable bonds is 10. The summed E-state index contributed by atoms with van der Waals surface area (Å²) >= 11 is 12.1. The van der Waals surface area contributed by atoms with Crippen molar-refractivity contribution in [2.24, 2.45) is 11.1 Å². The van der Waals surface area contributed by atoms with E-state index in [0.717, 1.165) is 6.07 Å². The Morgan fingerprint density at radius 3 is 2.62 bits per heavy atom. The molecule has 0 radical (unpaired) electrons. The van der Waals surface area contributed by atoms with Crippen LogP contribution in [0.3, 0.4) is 0 Å². The molecule has 1 saturated heterocycles. The summed E-state index contributed by atoms with van der Waals surface area (Å²) in [6.07, 6.45) is 0.0277. The molecule has 5 atom stereocenters. The maximum absolute atomic E-state index is 15.6. The average molecular weight is 580 g/mol. The number of ether oxygens (including phenoxy) is 1. The number of carbonyl (C=O) groups excluding carboxylic acids is 2. The van der Waals surface area contributed by atoms with Crippen LogP contribution in [0.15, 0.2) is 49.1 Å². The van der Waals surface area contributed by atoms with Gasteiger partial charge < -0.3 is 15.6 Å². The fourth-order valence-electron chi connectivity index (χ4n) is 5.09. The van der Waals surface area contributed by atoms with Crippen LogP contribution < -0.4 is 11.1 Å². The van der Waals surface area contributed by atoms with Crippen LogP contribution in [0.4, 0.5) is 8.78 Å². The third kappa shape index (κ3) is 6.25. The number of nitrogens with one attached hydrogen (secondary N) is 1. The number of nitriles is 1. The minimum Gasteiger partial charge on any atom is -0.462 e. The zero-order chi connectivity index (χ0) is 29.1. The molecule has 2 aromatic rings. The van der Waals surface area contributed by atoms with Crippen molar-refractivity contribution < 1.29 is 28.2 Å². The number of hydrogen-bond acceptors (Lipinski definition) is 6. The van der Waals surface area contributed by atoms with Crippen LogP contribution in [0.5, 0.6) is 0 Å². The van der Waals surface area contributed by atoms with Crippen LogP contribution in [0.1, 0.15) is 43.7 Å². The molecular formula is C28H29Cl2F2N3O4. The maximum Gasteiger partial charge on any atom is 0.323 e. The van der Waals surface area contributed by atoms with E-state index in [-0.39, 0.29) is 27.6 Å². The lowest BCUT2D eigenvalue weighted by atomic mass is 9.62. The topological polar surface area (TPSA) is 125 Å². The molecule has 0 bridgehead atoms. The molecule has 4 N–H and O–H groups in total. The number of esters is 1. The number of carbonyl (C=O) groups is 2. The van der Waals surface area contributed by atoms with E-state index < -0.39 is 71.5 Å². The zero-order valence-electron chi connectivity index (χ0n) is 21.4. The van der Waals surface area contributed by atoms with Gasteiger partial charge in [0.25, 0.3) is 0 Å². The molecule has 1 aliphatic rings. The van der Waals surface area contributed by atoms with Gasteiger partial charge in [0, 0.05) is 22.5 Å². The molecule has 1 fully saturated rings. The first-order valence-corrected chi connectivity index (χ1v) is 12.9. The minimum absolute atomic E-state index is 0.0863. The van der Waals surface area contributed by atoms with Crippen LogP contribution >= 0.6 is 23.2 Å². The van der Waals surface area contributed by atoms with Crippen molar-refractivity contribution in [3.8, 4) is 6.07 Å². The van der Waals surface area contributed by atoms with Crippen molar-refractivity contribution >= 4 is 35.1 Å². The van der Waals surface area contributed by atoms with E-state index in [0.29, 0.717) is 0 Å². The smallest absolute Gasteiger partial charge is 0.323 e. The Labute approximate surface area is 235 Å². The van der Waals surface area contributed by atoms with E-state index in [1.165, 1.54) is 30.3 Å². The number of halogens is 4. The second-order valence-electron chi connectivity index (χ2n) is 10.3. The zero-order valence-corrected chi connectivity index (χ0v) is 22.9. The molecule has 0 aliphatic carbocycles. The van der Waals surface area contributed by atoms with Crippen molar-refractivity contribution in [2.75, 3.05) is 6.61 Å². The van der Waals surface area contributed by atoms with E-state index in [1.54, 1.807) is 6.08 Å². The number of nitrogens with two attached hydrogens (primary N) is 1. The van der Waals surface area contributed by atoms with Gasteiger partial charge in [0.2, 0.25) is 5.91 Å². The van der Waals surface area contributed by atoms with Gasteiger partial charge in [-0.15, -0.1) is 6.58 Å². The number of amides is 1. The second kappa shape index (κ2) is 12.0. The fourth-order valence-corrected chi connectivity index (χ4v) is 5.43. The standard InChI is InChI=1S/C28H29Cl2F2N3O4/c1-4-27(2,3)12-21-28(14-33,18-9-8-15(29)10-20(18)31)23(17-6-5-7-19(30)24(17)32)25(35-21)26(38)39-13-16(36)11-22(34)37/h4-10,16,21,23,25,35-36H,1,11-13H2,2-3H3,(H2,34,37)/t16-,21-,23-,25+,28-/m0/s1. The lowest BCUT2D eigenvalue weighted by Gasteiger charge is -2.37. The monoisotopic (exact) mass is 579 g/mol. The van der Waals surface area contributed by atoms with Crippen LogP contribution in [-0.2, 0) is 19.7 Å². The van der Waals surface area contributed by atoms with Crippen LogP contribution in [0.25, 0.3) is 0 Å². The summed E-state index contributed by atoms with van der Waals surface area (Å²) in [6.45, 7) is 6.96. The van der Waals surface area contributed by atoms with E-state index in [9.17, 15) is 20.0 Å². The first kappa shape index (κ1) is 30.5. The molecule has 11 heteroatoms. The minimum atomic E-state index is -1.85. The number of allylic oxidation sites excluding steroid dienone is 1. The van der Waals surface area contributed by atoms with Gasteiger partial charge in [-0.3, -0.25) is 14.9 Å². The molecule has 7 nitrogen and oxygen atoms in total. The highest BCUT2D eigenvalue weighted by atomic mass is 35.5. The highest BCUT2D eigenvalue weighted by molar-refractivity contribution is 6.31. The molecule has 0 unspecified atom stereocenters. The third-order valence-corrected chi connectivity index (χ3v) is 7.55. The van der Waals surface area contributed by atoms with Gasteiger partial charge >= 0.3 is 5.97 Å². The molecule has 1 aliphatic heterocycles. The molecule has 208 valence electrons. The van der Waals surface area contributed by atoms with E-state index in [2.05, 4.69) is 18.0 Å². The molecule has 3 rings (SSSR count). The summed E-state index contributed by atoms with van der Waals surface area (Å²) in [4.78, 5) is 24.6. The molecular weight excluding hydrogens is 551 g/mol. The maximum atomic E-state index is 15.6. The SMILES string of the molecule is C=CC(C)(C)C[C@@H]1N[C@@H](C(=O)OC[C@@H](O)CC(N)=O)[C@H](c2cccc(Cl)c2F)[C@@]1(C#N)c1ccc(Cl)cc1F. The van der Waals surface area contributed by atoms with Gasteiger partial charge in [-0.05, 0) is 35.6 Å². The third-order valence-electron chi connectivity index (χ3n) is 7.02. The summed E-state index contributed by atoms with van der Waals surface area (Å²) in [5.74, 6) is -4.77. The second-order valence-corrected chi connectivity index (χ2v) is 11.1. The van der Waals surface area contributed by atoms with Crippen molar-refractivity contribution in [2.45, 2.75) is 56.2 Å². The normalized spacial score (nSPS) is 23.6. The highest BCUT2D eigenvalue weighted by Crippen LogP contribution is 2.53. The summed E-state index contributed by atoms with van der Waals surface area (Å²) < 4.78 is 36.5. The fraction of sp³-hybridized carbons (Fsp3) is 0.393. The van der Waals surface area contributed by atoms with Crippen molar-refractivity contribution in [3.05, 3.63) is 81.9 Å². The molecule has 0 saturated carbocycles. The molecule has 1 amide bonds. The summed E-state index contributed by atoms with van der Waals surface area (Å²) in [5, 5.41) is 23.7. The van der Waals surface area contributed by atoms with E-state index in [4.69, 9.17) is 33.7 Å². The van der Waals surface area contributed by atoms with Gasteiger partial charge in [-0.25, -0.2) is 8.78 Å². The molecule has 39 heavy (non-hydrogen) atoms. The predicted octanol–water partition coefficient (Wildman–Crippen LogP) is 4.54. The molecule has 0 spiro atoms. The predicted molar refractivity (Wildman–Crippen MR) is 143 cm³/mol. The summed E-state index contributed by atoms with van der Waals surface area (Å²) in [7, 11) is 0. The van der Waals surface area contributed by atoms with Crippen molar-refractivity contribution in [1.82, 2.24) is 5.32 Å². The number of benzene rings is 2. The Bertz CT molecular complexity index is 1320. The number of primary amides is 1. The van der Waals surface area contributed by atoms with Gasteiger partial charge in [-0.1, -0.05) is 61.3 Å². The summed E-state index contributed by atoms with van der Waals surface area (Å²) in [6, 6.07) is 7.86. The van der Waals surface area contributed by atoms with Crippen LogP contribution in [-0.4, -0.2) is 41.8 Å². The van der Waals surface area contributed by atoms with E-state index >= 15 is 8.78 Å². The largest absolute Gasteiger partial charge is 0.462 e. The Morgan fingerprint density at radius 1 is 1.33 bits per heavy atom. The summed E-state index contributed by atoms with van der Waals surface area (Å²) in [5.41, 5.74) is 2.43. The van der Waals surface area contributed by atoms with Gasteiger partial charge in [0.15, 0.2) is 0 Å². The number of nitrogens with zero attached hydrogens (tertiary/aromatic N) is 1. The quantitative estimate of drug-likeness (QED) is 0.280.